The van der Waals surface area contributed by atoms with Gasteiger partial charge in [0.15, 0.2) is 5.84 Å². The van der Waals surface area contributed by atoms with Crippen molar-refractivity contribution in [3.8, 4) is 0 Å². The summed E-state index contributed by atoms with van der Waals surface area (Å²) in [4.78, 5) is 14.3. The van der Waals surface area contributed by atoms with Crippen molar-refractivity contribution in [1.82, 2.24) is 0 Å². The minimum Gasteiger partial charge on any atom is -0.462 e. The number of nitrogens with zero attached hydrogens (tertiary/aromatic N) is 2. The molecule has 0 N–H and O–H groups in total. The molecule has 0 saturated heterocycles. The van der Waals surface area contributed by atoms with Crippen LogP contribution in [0.3, 0.4) is 0 Å². The Labute approximate surface area is 189 Å². The minimum absolute atomic E-state index is 0.194. The molecule has 31 heavy (non-hydrogen) atoms. The lowest BCUT2D eigenvalue weighted by Crippen LogP contribution is -2.32. The van der Waals surface area contributed by atoms with Crippen LogP contribution < -0.4 is 4.90 Å². The van der Waals surface area contributed by atoms with Crippen LogP contribution in [0.2, 0.25) is 0 Å². The van der Waals surface area contributed by atoms with E-state index in [9.17, 15) is 13.2 Å². The van der Waals surface area contributed by atoms with Gasteiger partial charge in [-0.1, -0.05) is 46.3 Å². The normalized spacial score (nSPS) is 13.9. The third-order valence-electron chi connectivity index (χ3n) is 4.78. The maximum atomic E-state index is 12.5. The highest BCUT2D eigenvalue weighted by molar-refractivity contribution is 9.10. The number of ether oxygens (including phenoxy) is 1. The molecular formula is C23H19BrN2O4S. The van der Waals surface area contributed by atoms with Crippen LogP contribution >= 0.6 is 15.9 Å². The lowest BCUT2D eigenvalue weighted by Gasteiger charge is -2.24. The maximum Gasteiger partial charge on any atom is 0.338 e. The number of hydrogen-bond donors (Lipinski definition) is 0. The first-order valence-corrected chi connectivity index (χ1v) is 11.9. The minimum atomic E-state index is -3.73. The van der Waals surface area contributed by atoms with Crippen LogP contribution in [-0.4, -0.2) is 33.4 Å². The molecule has 1 aliphatic heterocycles. The summed E-state index contributed by atoms with van der Waals surface area (Å²) in [7, 11) is -3.73. The number of esters is 1. The van der Waals surface area contributed by atoms with Crippen LogP contribution in [0.5, 0.6) is 0 Å². The van der Waals surface area contributed by atoms with Gasteiger partial charge in [-0.2, -0.15) is 8.42 Å². The molecule has 0 amide bonds. The summed E-state index contributed by atoms with van der Waals surface area (Å²) < 4.78 is 35.3. The Balaban J connectivity index is 1.50. The Morgan fingerprint density at radius 1 is 0.935 bits per heavy atom. The monoisotopic (exact) mass is 498 g/mol. The Hall–Kier alpha value is -2.97. The molecule has 158 valence electrons. The highest BCUT2D eigenvalue weighted by Gasteiger charge is 2.32. The first-order chi connectivity index (χ1) is 15.0. The van der Waals surface area contributed by atoms with Crippen LogP contribution in [0.1, 0.15) is 22.3 Å². The number of hydrogen-bond acceptors (Lipinski definition) is 5. The van der Waals surface area contributed by atoms with Crippen molar-refractivity contribution in [3.63, 3.8) is 0 Å². The number of carbonyl (C=O) groups excluding carboxylic acids is 1. The van der Waals surface area contributed by atoms with Gasteiger partial charge < -0.3 is 9.64 Å². The topological polar surface area (TPSA) is 76.0 Å². The van der Waals surface area contributed by atoms with Gasteiger partial charge >= 0.3 is 5.97 Å². The standard InChI is InChI=1S/C23H19BrN2O4S/c24-18-13-11-17(12-14-18)23(27)30-16-6-15-26(19-7-2-1-3-8-19)22-20-9-4-5-10-21(20)31(28,29)25-22/h1-5,7-14H,6,15-16H2. The van der Waals surface area contributed by atoms with Crippen molar-refractivity contribution in [2.45, 2.75) is 11.3 Å². The number of amidine groups is 1. The summed E-state index contributed by atoms with van der Waals surface area (Å²) >= 11 is 3.34. The van der Waals surface area contributed by atoms with Crippen molar-refractivity contribution in [3.05, 3.63) is 94.5 Å². The zero-order valence-corrected chi connectivity index (χ0v) is 18.8. The predicted molar refractivity (Wildman–Crippen MR) is 123 cm³/mol. The van der Waals surface area contributed by atoms with Gasteiger partial charge in [0, 0.05) is 22.3 Å². The van der Waals surface area contributed by atoms with Crippen molar-refractivity contribution < 1.29 is 17.9 Å². The summed E-state index contributed by atoms with van der Waals surface area (Å²) in [6.07, 6.45) is 0.498. The lowest BCUT2D eigenvalue weighted by molar-refractivity contribution is 0.0503. The molecule has 1 aliphatic rings. The van der Waals surface area contributed by atoms with Gasteiger partial charge in [-0.15, -0.1) is 4.40 Å². The second kappa shape index (κ2) is 9.03. The summed E-state index contributed by atoms with van der Waals surface area (Å²) in [5.74, 6) is -0.0223. The largest absolute Gasteiger partial charge is 0.462 e. The highest BCUT2D eigenvalue weighted by atomic mass is 79.9. The molecule has 0 aliphatic carbocycles. The second-order valence-corrected chi connectivity index (χ2v) is 9.36. The van der Waals surface area contributed by atoms with Gasteiger partial charge in [-0.3, -0.25) is 0 Å². The predicted octanol–water partition coefficient (Wildman–Crippen LogP) is 4.65. The van der Waals surface area contributed by atoms with Crippen LogP contribution in [0, 0.1) is 0 Å². The van der Waals surface area contributed by atoms with E-state index < -0.39 is 16.0 Å². The Morgan fingerprint density at radius 3 is 2.35 bits per heavy atom. The van der Waals surface area contributed by atoms with Crippen molar-refractivity contribution in [2.24, 2.45) is 4.40 Å². The Bertz CT molecular complexity index is 1230. The molecule has 0 atom stereocenters. The van der Waals surface area contributed by atoms with Crippen molar-refractivity contribution in [1.29, 1.82) is 0 Å². The first-order valence-electron chi connectivity index (χ1n) is 9.65. The van der Waals surface area contributed by atoms with Crippen LogP contribution in [0.15, 0.2) is 92.6 Å². The molecule has 0 bridgehead atoms. The molecule has 3 aromatic rings. The Morgan fingerprint density at radius 2 is 1.61 bits per heavy atom. The Kier molecular flexibility index (Phi) is 6.20. The number of carbonyl (C=O) groups is 1. The fourth-order valence-corrected chi connectivity index (χ4v) is 4.78. The molecule has 0 spiro atoms. The van der Waals surface area contributed by atoms with E-state index in [4.69, 9.17) is 4.74 Å². The second-order valence-electron chi connectivity index (χ2n) is 6.87. The van der Waals surface area contributed by atoms with E-state index >= 15 is 0 Å². The molecule has 0 unspecified atom stereocenters. The van der Waals surface area contributed by atoms with Crippen LogP contribution in [-0.2, 0) is 14.8 Å². The summed E-state index contributed by atoms with van der Waals surface area (Å²) in [5.41, 5.74) is 1.86. The number of sulfonamides is 1. The fraction of sp³-hybridized carbons (Fsp3) is 0.130. The molecule has 0 fully saturated rings. The van der Waals surface area contributed by atoms with Crippen molar-refractivity contribution >= 4 is 43.4 Å². The van der Waals surface area contributed by atoms with E-state index in [-0.39, 0.29) is 11.5 Å². The van der Waals surface area contributed by atoms with E-state index in [0.29, 0.717) is 29.9 Å². The van der Waals surface area contributed by atoms with Crippen LogP contribution in [0.25, 0.3) is 0 Å². The zero-order valence-electron chi connectivity index (χ0n) is 16.4. The third kappa shape index (κ3) is 4.70. The zero-order chi connectivity index (χ0) is 21.8. The van der Waals surface area contributed by atoms with Gasteiger partial charge in [-0.05, 0) is 55.0 Å². The summed E-state index contributed by atoms with van der Waals surface area (Å²) in [5, 5.41) is 0. The van der Waals surface area contributed by atoms with E-state index in [0.717, 1.165) is 10.2 Å². The van der Waals surface area contributed by atoms with Crippen LogP contribution in [0.4, 0.5) is 5.69 Å². The quantitative estimate of drug-likeness (QED) is 0.365. The fourth-order valence-electron chi connectivity index (χ4n) is 3.31. The molecule has 6 nitrogen and oxygen atoms in total. The lowest BCUT2D eigenvalue weighted by atomic mass is 10.1. The molecule has 0 radical (unpaired) electrons. The van der Waals surface area contributed by atoms with E-state index in [2.05, 4.69) is 20.3 Å². The first kappa shape index (κ1) is 21.3. The molecule has 3 aromatic carbocycles. The molecule has 1 heterocycles. The molecule has 0 aromatic heterocycles. The van der Waals surface area contributed by atoms with Gasteiger partial charge in [0.05, 0.1) is 12.2 Å². The SMILES string of the molecule is O=C(OCCCN(C1=NS(=O)(=O)c2ccccc21)c1ccccc1)c1ccc(Br)cc1. The smallest absolute Gasteiger partial charge is 0.338 e. The van der Waals surface area contributed by atoms with Gasteiger partial charge in [0.1, 0.15) is 4.90 Å². The van der Waals surface area contributed by atoms with Crippen molar-refractivity contribution in [2.75, 3.05) is 18.1 Å². The molecule has 4 rings (SSSR count). The number of benzene rings is 3. The van der Waals surface area contributed by atoms with Gasteiger partial charge in [0.25, 0.3) is 10.0 Å². The molecule has 0 saturated carbocycles. The molecule has 8 heteroatoms. The van der Waals surface area contributed by atoms with Gasteiger partial charge in [-0.25, -0.2) is 4.79 Å². The summed E-state index contributed by atoms with van der Waals surface area (Å²) in [6, 6.07) is 23.2. The van der Waals surface area contributed by atoms with E-state index in [1.807, 2.05) is 35.2 Å². The number of anilines is 1. The third-order valence-corrected chi connectivity index (χ3v) is 6.63. The average Bonchev–Trinajstić information content (AvgIpc) is 3.05. The number of rotatable bonds is 6. The highest BCUT2D eigenvalue weighted by Crippen LogP contribution is 2.30. The number of fused-ring (bicyclic) bond motifs is 1. The summed E-state index contributed by atoms with van der Waals surface area (Å²) in [6.45, 7) is 0.625. The van der Waals surface area contributed by atoms with Gasteiger partial charge in [0.2, 0.25) is 0 Å². The number of halogens is 1. The molecular weight excluding hydrogens is 480 g/mol. The maximum absolute atomic E-state index is 12.5. The van der Waals surface area contributed by atoms with E-state index in [1.165, 1.54) is 0 Å². The number of para-hydroxylation sites is 1. The average molecular weight is 499 g/mol. The van der Waals surface area contributed by atoms with E-state index in [1.54, 1.807) is 48.5 Å².